The molecule has 1 heterocycles. The molecule has 0 radical (unpaired) electrons. The lowest BCUT2D eigenvalue weighted by molar-refractivity contribution is -0.136. The van der Waals surface area contributed by atoms with Crippen molar-refractivity contribution in [3.63, 3.8) is 0 Å². The van der Waals surface area contributed by atoms with Crippen LogP contribution in [0.4, 0.5) is 24.7 Å². The number of benzene rings is 1. The highest BCUT2D eigenvalue weighted by molar-refractivity contribution is 6.30. The number of nitrogens with one attached hydrogen (secondary N) is 2. The van der Waals surface area contributed by atoms with Gasteiger partial charge < -0.3 is 10.6 Å². The topological polar surface area (TPSA) is 66.9 Å². The van der Waals surface area contributed by atoms with Gasteiger partial charge in [0.15, 0.2) is 0 Å². The average Bonchev–Trinajstić information content (AvgIpc) is 2.54. The van der Waals surface area contributed by atoms with Gasteiger partial charge in [0.1, 0.15) is 17.8 Å². The summed E-state index contributed by atoms with van der Waals surface area (Å²) in [5, 5.41) is 4.95. The summed E-state index contributed by atoms with van der Waals surface area (Å²) in [5.74, 6) is -0.450. The van der Waals surface area contributed by atoms with Crippen molar-refractivity contribution >= 4 is 29.0 Å². The Labute approximate surface area is 140 Å². The predicted molar refractivity (Wildman–Crippen MR) is 85.1 cm³/mol. The first-order chi connectivity index (χ1) is 11.3. The first-order valence-electron chi connectivity index (χ1n) is 6.66. The van der Waals surface area contributed by atoms with Crippen molar-refractivity contribution < 1.29 is 18.0 Å². The molecule has 2 rings (SSSR count). The van der Waals surface area contributed by atoms with E-state index in [4.69, 9.17) is 11.6 Å². The van der Waals surface area contributed by atoms with Crippen molar-refractivity contribution in [2.24, 2.45) is 0 Å². The van der Waals surface area contributed by atoms with Crippen molar-refractivity contribution in [3.05, 3.63) is 59.5 Å². The minimum Gasteiger partial charge on any atom is -0.366 e. The van der Waals surface area contributed by atoms with Crippen LogP contribution in [0.5, 0.6) is 0 Å². The van der Waals surface area contributed by atoms with Gasteiger partial charge in [-0.2, -0.15) is 13.2 Å². The molecule has 0 bridgehead atoms. The monoisotopic (exact) mass is 356 g/mol. The maximum absolute atomic E-state index is 13.0. The van der Waals surface area contributed by atoms with Gasteiger partial charge >= 0.3 is 6.18 Å². The Hall–Kier alpha value is -2.61. The zero-order valence-electron chi connectivity index (χ0n) is 12.2. The number of hydrogen-bond donors (Lipinski definition) is 2. The van der Waals surface area contributed by atoms with Gasteiger partial charge in [0.05, 0.1) is 11.3 Å². The SMILES string of the molecule is C=CCNc1cc(C(=O)Nc2ccc(Cl)cc2C(F)(F)F)ncn1. The highest BCUT2D eigenvalue weighted by Crippen LogP contribution is 2.36. The van der Waals surface area contributed by atoms with Crippen LogP contribution in [0, 0.1) is 0 Å². The molecule has 126 valence electrons. The van der Waals surface area contributed by atoms with Gasteiger partial charge in [0.25, 0.3) is 5.91 Å². The van der Waals surface area contributed by atoms with E-state index < -0.39 is 23.3 Å². The van der Waals surface area contributed by atoms with E-state index in [1.165, 1.54) is 12.1 Å². The van der Waals surface area contributed by atoms with Crippen LogP contribution in [0.15, 0.2) is 43.2 Å². The van der Waals surface area contributed by atoms with Crippen LogP contribution in [-0.2, 0) is 6.18 Å². The number of hydrogen-bond acceptors (Lipinski definition) is 4. The van der Waals surface area contributed by atoms with Crippen LogP contribution in [0.3, 0.4) is 0 Å². The molecule has 1 amide bonds. The maximum atomic E-state index is 13.0. The minimum atomic E-state index is -4.66. The highest BCUT2D eigenvalue weighted by Gasteiger charge is 2.34. The number of aromatic nitrogens is 2. The Morgan fingerprint density at radius 3 is 2.71 bits per heavy atom. The second kappa shape index (κ2) is 7.31. The summed E-state index contributed by atoms with van der Waals surface area (Å²) in [4.78, 5) is 19.8. The van der Waals surface area contributed by atoms with Gasteiger partial charge in [0, 0.05) is 17.6 Å². The summed E-state index contributed by atoms with van der Waals surface area (Å²) < 4.78 is 39.1. The number of carbonyl (C=O) groups is 1. The third-order valence-electron chi connectivity index (χ3n) is 2.86. The number of carbonyl (C=O) groups excluding carboxylic acids is 1. The lowest BCUT2D eigenvalue weighted by atomic mass is 10.1. The summed E-state index contributed by atoms with van der Waals surface area (Å²) in [6, 6.07) is 4.40. The quantitative estimate of drug-likeness (QED) is 0.795. The second-order valence-electron chi connectivity index (χ2n) is 4.60. The largest absolute Gasteiger partial charge is 0.418 e. The van der Waals surface area contributed by atoms with Crippen molar-refractivity contribution in [1.29, 1.82) is 0 Å². The van der Waals surface area contributed by atoms with Gasteiger partial charge in [-0.05, 0) is 18.2 Å². The number of alkyl halides is 3. The number of nitrogens with zero attached hydrogens (tertiary/aromatic N) is 2. The molecule has 0 unspecified atom stereocenters. The Morgan fingerprint density at radius 2 is 2.04 bits per heavy atom. The average molecular weight is 357 g/mol. The normalized spacial score (nSPS) is 11.0. The summed E-state index contributed by atoms with van der Waals surface area (Å²) in [5.41, 5.74) is -1.53. The van der Waals surface area contributed by atoms with Crippen molar-refractivity contribution in [2.75, 3.05) is 17.2 Å². The smallest absolute Gasteiger partial charge is 0.366 e. The first-order valence-corrected chi connectivity index (χ1v) is 7.04. The number of anilines is 2. The van der Waals surface area contributed by atoms with E-state index in [2.05, 4.69) is 27.2 Å². The fourth-order valence-corrected chi connectivity index (χ4v) is 1.97. The molecule has 2 N–H and O–H groups in total. The molecular formula is C15H12ClF3N4O. The van der Waals surface area contributed by atoms with Crippen molar-refractivity contribution in [2.45, 2.75) is 6.18 Å². The van der Waals surface area contributed by atoms with E-state index in [0.29, 0.717) is 12.4 Å². The summed E-state index contributed by atoms with van der Waals surface area (Å²) in [6.07, 6.45) is -1.94. The van der Waals surface area contributed by atoms with Gasteiger partial charge in [-0.25, -0.2) is 9.97 Å². The van der Waals surface area contributed by atoms with E-state index >= 15 is 0 Å². The third kappa shape index (κ3) is 4.45. The number of rotatable bonds is 5. The zero-order chi connectivity index (χ0) is 17.7. The maximum Gasteiger partial charge on any atom is 0.418 e. The summed E-state index contributed by atoms with van der Waals surface area (Å²) in [6.45, 7) is 3.94. The zero-order valence-corrected chi connectivity index (χ0v) is 12.9. The van der Waals surface area contributed by atoms with Crippen molar-refractivity contribution in [3.8, 4) is 0 Å². The van der Waals surface area contributed by atoms with Gasteiger partial charge in [-0.15, -0.1) is 6.58 Å². The fraction of sp³-hybridized carbons (Fsp3) is 0.133. The van der Waals surface area contributed by atoms with Gasteiger partial charge in [-0.3, -0.25) is 4.79 Å². The fourth-order valence-electron chi connectivity index (χ4n) is 1.80. The molecule has 1 aromatic heterocycles. The van der Waals surface area contributed by atoms with E-state index in [1.807, 2.05) is 0 Å². The highest BCUT2D eigenvalue weighted by atomic mass is 35.5. The second-order valence-corrected chi connectivity index (χ2v) is 5.04. The molecule has 0 aliphatic heterocycles. The molecule has 0 aliphatic carbocycles. The molecule has 0 spiro atoms. The lowest BCUT2D eigenvalue weighted by Gasteiger charge is -2.14. The Kier molecular flexibility index (Phi) is 5.40. The Balaban J connectivity index is 2.26. The van der Waals surface area contributed by atoms with Crippen LogP contribution >= 0.6 is 11.6 Å². The Morgan fingerprint density at radius 1 is 1.29 bits per heavy atom. The molecule has 1 aromatic carbocycles. The van der Waals surface area contributed by atoms with Gasteiger partial charge in [0.2, 0.25) is 0 Å². The third-order valence-corrected chi connectivity index (χ3v) is 3.10. The molecule has 9 heteroatoms. The molecule has 5 nitrogen and oxygen atoms in total. The molecule has 24 heavy (non-hydrogen) atoms. The van der Waals surface area contributed by atoms with E-state index in [1.54, 1.807) is 6.08 Å². The van der Waals surface area contributed by atoms with Crippen LogP contribution in [-0.4, -0.2) is 22.4 Å². The molecule has 0 fully saturated rings. The molecule has 0 saturated carbocycles. The van der Waals surface area contributed by atoms with E-state index in [0.717, 1.165) is 18.5 Å². The predicted octanol–water partition coefficient (Wildman–Crippen LogP) is 4.00. The Bertz CT molecular complexity index is 765. The summed E-state index contributed by atoms with van der Waals surface area (Å²) >= 11 is 5.60. The van der Waals surface area contributed by atoms with Crippen LogP contribution in [0.2, 0.25) is 5.02 Å². The van der Waals surface area contributed by atoms with Gasteiger partial charge in [-0.1, -0.05) is 17.7 Å². The molecule has 0 saturated heterocycles. The summed E-state index contributed by atoms with van der Waals surface area (Å²) in [7, 11) is 0. The molecule has 0 aliphatic rings. The molecular weight excluding hydrogens is 345 g/mol. The van der Waals surface area contributed by atoms with Crippen LogP contribution in [0.25, 0.3) is 0 Å². The van der Waals surface area contributed by atoms with Crippen LogP contribution in [0.1, 0.15) is 16.1 Å². The van der Waals surface area contributed by atoms with Crippen LogP contribution < -0.4 is 10.6 Å². The lowest BCUT2D eigenvalue weighted by Crippen LogP contribution is -2.18. The van der Waals surface area contributed by atoms with E-state index in [9.17, 15) is 18.0 Å². The van der Waals surface area contributed by atoms with E-state index in [-0.39, 0.29) is 10.7 Å². The molecule has 0 atom stereocenters. The first kappa shape index (κ1) is 17.7. The number of amides is 1. The van der Waals surface area contributed by atoms with Crippen molar-refractivity contribution in [1.82, 2.24) is 9.97 Å². The minimum absolute atomic E-state index is 0.0837. The molecule has 2 aromatic rings. The standard InChI is InChI=1S/C15H12ClF3N4O/c1-2-5-20-13-7-12(21-8-22-13)14(24)23-11-4-3-9(16)6-10(11)15(17,18)19/h2-4,6-8H,1,5H2,(H,23,24)(H,20,21,22). The number of halogens is 4.